The molecule has 2 atom stereocenters. The zero-order valence-electron chi connectivity index (χ0n) is 16.2. The second-order valence-corrected chi connectivity index (χ2v) is 9.71. The van der Waals surface area contributed by atoms with Crippen molar-refractivity contribution < 1.29 is 14.3 Å². The van der Waals surface area contributed by atoms with E-state index >= 15 is 0 Å². The summed E-state index contributed by atoms with van der Waals surface area (Å²) in [6, 6.07) is 0. The molecule has 0 aromatic carbocycles. The summed E-state index contributed by atoms with van der Waals surface area (Å²) in [5, 5.41) is 0.0992. The number of amides is 1. The zero-order valence-corrected chi connectivity index (χ0v) is 18.6. The van der Waals surface area contributed by atoms with Crippen molar-refractivity contribution >= 4 is 47.8 Å². The maximum Gasteiger partial charge on any atom is 0.334 e. The van der Waals surface area contributed by atoms with E-state index in [4.69, 9.17) is 4.74 Å². The Hall–Kier alpha value is -0.370. The van der Waals surface area contributed by atoms with Gasteiger partial charge in [0.2, 0.25) is 5.91 Å². The molecular formula is C18H31ClN2O3S2. The fourth-order valence-electron chi connectivity index (χ4n) is 3.53. The summed E-state index contributed by atoms with van der Waals surface area (Å²) >= 11 is 3.35. The van der Waals surface area contributed by atoms with E-state index in [-0.39, 0.29) is 34.4 Å². The number of carbonyl (C=O) groups excluding carboxylic acids is 2. The molecular weight excluding hydrogens is 392 g/mol. The second kappa shape index (κ2) is 9.71. The lowest BCUT2D eigenvalue weighted by molar-refractivity contribution is -0.170. The van der Waals surface area contributed by atoms with Crippen LogP contribution in [0.25, 0.3) is 0 Å². The highest BCUT2D eigenvalue weighted by Crippen LogP contribution is 2.58. The first kappa shape index (κ1) is 23.7. The molecule has 0 spiro atoms. The predicted molar refractivity (Wildman–Crippen MR) is 113 cm³/mol. The molecule has 0 saturated carbocycles. The lowest BCUT2D eigenvalue weighted by Crippen LogP contribution is -2.69. The Balaban J connectivity index is 0.00000338. The van der Waals surface area contributed by atoms with Gasteiger partial charge < -0.3 is 14.5 Å². The highest BCUT2D eigenvalue weighted by Gasteiger charge is 2.69. The van der Waals surface area contributed by atoms with Crippen LogP contribution in [0.15, 0.2) is 12.7 Å². The third-order valence-electron chi connectivity index (χ3n) is 5.16. The average Bonchev–Trinajstić information content (AvgIpc) is 2.75. The Labute approximate surface area is 172 Å². The molecule has 8 heteroatoms. The average molecular weight is 423 g/mol. The molecule has 2 fully saturated rings. The van der Waals surface area contributed by atoms with Crippen LogP contribution in [0, 0.1) is 0 Å². The van der Waals surface area contributed by atoms with Crippen LogP contribution in [-0.4, -0.2) is 75.1 Å². The number of β-lactam (4-membered cyclic amide) rings is 1. The van der Waals surface area contributed by atoms with Gasteiger partial charge in [0.1, 0.15) is 6.61 Å². The van der Waals surface area contributed by atoms with E-state index in [1.165, 1.54) is 0 Å². The van der Waals surface area contributed by atoms with Crippen LogP contribution in [0.3, 0.4) is 0 Å². The van der Waals surface area contributed by atoms with Crippen molar-refractivity contribution in [3.05, 3.63) is 12.7 Å². The number of likely N-dealkylation sites (N-methyl/N-ethyl adjacent to an activating group) is 1. The Bertz CT molecular complexity index is 529. The van der Waals surface area contributed by atoms with E-state index in [1.54, 1.807) is 28.4 Å². The SMILES string of the molecule is C=CCSC[C@@]1(C(=O)OCCN(CC)CC)N2C(=O)C[C@H]2SC1(C)C.Cl. The molecule has 2 aliphatic heterocycles. The van der Waals surface area contributed by atoms with E-state index in [0.717, 1.165) is 25.4 Å². The van der Waals surface area contributed by atoms with Crippen molar-refractivity contribution in [2.45, 2.75) is 49.8 Å². The molecule has 0 N–H and O–H groups in total. The minimum atomic E-state index is -0.894. The monoisotopic (exact) mass is 422 g/mol. The standard InChI is InChI=1S/C18H30N2O3S2.ClH/c1-6-11-24-13-18(16(22)23-10-9-19(7-2)8-3)17(4,5)25-15-12-14(21)20(15)18;/h6,15H,1,7-13H2,2-5H3;1H/t15-,18+;/m1./s1. The number of nitrogens with zero attached hydrogens (tertiary/aromatic N) is 2. The second-order valence-electron chi connectivity index (χ2n) is 6.88. The third-order valence-corrected chi connectivity index (χ3v) is 7.83. The summed E-state index contributed by atoms with van der Waals surface area (Å²) in [5.74, 6) is 1.10. The van der Waals surface area contributed by atoms with Crippen molar-refractivity contribution in [2.75, 3.05) is 37.7 Å². The third kappa shape index (κ3) is 4.21. The number of carbonyl (C=O) groups is 2. The van der Waals surface area contributed by atoms with Crippen LogP contribution in [0.5, 0.6) is 0 Å². The number of esters is 1. The normalized spacial score (nSPS) is 26.1. The number of hydrogen-bond donors (Lipinski definition) is 0. The topological polar surface area (TPSA) is 49.9 Å². The Morgan fingerprint density at radius 2 is 2.12 bits per heavy atom. The van der Waals surface area contributed by atoms with Gasteiger partial charge in [0, 0.05) is 22.8 Å². The summed E-state index contributed by atoms with van der Waals surface area (Å²) < 4.78 is 5.33. The fourth-order valence-corrected chi connectivity index (χ4v) is 6.58. The molecule has 2 rings (SSSR count). The minimum absolute atomic E-state index is 0. The Kier molecular flexibility index (Phi) is 8.84. The number of ether oxygens (including phenoxy) is 1. The highest BCUT2D eigenvalue weighted by atomic mass is 35.5. The smallest absolute Gasteiger partial charge is 0.334 e. The fraction of sp³-hybridized carbons (Fsp3) is 0.778. The quantitative estimate of drug-likeness (QED) is 0.233. The van der Waals surface area contributed by atoms with Crippen LogP contribution in [-0.2, 0) is 14.3 Å². The van der Waals surface area contributed by atoms with Gasteiger partial charge in [0.05, 0.1) is 11.8 Å². The Morgan fingerprint density at radius 3 is 2.65 bits per heavy atom. The molecule has 0 bridgehead atoms. The number of halogens is 1. The van der Waals surface area contributed by atoms with Crippen LogP contribution in [0.1, 0.15) is 34.1 Å². The van der Waals surface area contributed by atoms with E-state index in [2.05, 4.69) is 39.2 Å². The molecule has 150 valence electrons. The molecule has 2 saturated heterocycles. The summed E-state index contributed by atoms with van der Waals surface area (Å²) in [6.45, 7) is 15.0. The van der Waals surface area contributed by atoms with Crippen molar-refractivity contribution in [3.8, 4) is 0 Å². The highest BCUT2D eigenvalue weighted by molar-refractivity contribution is 8.02. The van der Waals surface area contributed by atoms with Crippen molar-refractivity contribution in [1.29, 1.82) is 0 Å². The molecule has 26 heavy (non-hydrogen) atoms. The first-order valence-electron chi connectivity index (χ1n) is 8.92. The van der Waals surface area contributed by atoms with Crippen LogP contribution < -0.4 is 0 Å². The van der Waals surface area contributed by atoms with E-state index in [9.17, 15) is 9.59 Å². The van der Waals surface area contributed by atoms with Gasteiger partial charge in [0.15, 0.2) is 5.54 Å². The van der Waals surface area contributed by atoms with Crippen LogP contribution >= 0.6 is 35.9 Å². The number of thioether (sulfide) groups is 2. The van der Waals surface area contributed by atoms with Crippen LogP contribution in [0.2, 0.25) is 0 Å². The predicted octanol–water partition coefficient (Wildman–Crippen LogP) is 3.04. The van der Waals surface area contributed by atoms with Gasteiger partial charge in [-0.2, -0.15) is 11.8 Å². The van der Waals surface area contributed by atoms with E-state index < -0.39 is 5.54 Å². The maximum absolute atomic E-state index is 13.2. The van der Waals surface area contributed by atoms with Crippen molar-refractivity contribution in [3.63, 3.8) is 0 Å². The zero-order chi connectivity index (χ0) is 18.7. The number of rotatable bonds is 10. The molecule has 0 unspecified atom stereocenters. The number of hydrogen-bond acceptors (Lipinski definition) is 6. The summed E-state index contributed by atoms with van der Waals surface area (Å²) in [5.41, 5.74) is -0.894. The summed E-state index contributed by atoms with van der Waals surface area (Å²) in [6.07, 6.45) is 2.35. The van der Waals surface area contributed by atoms with Gasteiger partial charge in [0.25, 0.3) is 0 Å². The minimum Gasteiger partial charge on any atom is -0.463 e. The van der Waals surface area contributed by atoms with E-state index in [0.29, 0.717) is 18.8 Å². The first-order valence-corrected chi connectivity index (χ1v) is 11.0. The van der Waals surface area contributed by atoms with Gasteiger partial charge in [-0.25, -0.2) is 4.79 Å². The lowest BCUT2D eigenvalue weighted by atomic mass is 9.83. The van der Waals surface area contributed by atoms with Crippen molar-refractivity contribution in [1.82, 2.24) is 9.80 Å². The molecule has 0 aromatic heterocycles. The Morgan fingerprint density at radius 1 is 1.46 bits per heavy atom. The maximum atomic E-state index is 13.2. The summed E-state index contributed by atoms with van der Waals surface area (Å²) in [4.78, 5) is 29.5. The molecule has 2 heterocycles. The van der Waals surface area contributed by atoms with Gasteiger partial charge in [-0.1, -0.05) is 19.9 Å². The van der Waals surface area contributed by atoms with E-state index in [1.807, 2.05) is 6.08 Å². The molecule has 0 aromatic rings. The van der Waals surface area contributed by atoms with Gasteiger partial charge in [-0.3, -0.25) is 4.79 Å². The van der Waals surface area contributed by atoms with Gasteiger partial charge >= 0.3 is 5.97 Å². The van der Waals surface area contributed by atoms with Gasteiger partial charge in [-0.05, 0) is 26.9 Å². The molecule has 2 aliphatic rings. The lowest BCUT2D eigenvalue weighted by Gasteiger charge is -2.47. The first-order chi connectivity index (χ1) is 11.8. The molecule has 1 amide bonds. The molecule has 5 nitrogen and oxygen atoms in total. The largest absolute Gasteiger partial charge is 0.463 e. The van der Waals surface area contributed by atoms with Gasteiger partial charge in [-0.15, -0.1) is 30.7 Å². The molecule has 0 aliphatic carbocycles. The summed E-state index contributed by atoms with van der Waals surface area (Å²) in [7, 11) is 0. The molecule has 0 radical (unpaired) electrons. The van der Waals surface area contributed by atoms with Crippen LogP contribution in [0.4, 0.5) is 0 Å². The number of fused-ring (bicyclic) bond motifs is 1. The van der Waals surface area contributed by atoms with Crippen molar-refractivity contribution in [2.24, 2.45) is 0 Å².